The van der Waals surface area contributed by atoms with Crippen molar-refractivity contribution in [1.29, 1.82) is 0 Å². The predicted molar refractivity (Wildman–Crippen MR) is 99.8 cm³/mol. The van der Waals surface area contributed by atoms with Crippen molar-refractivity contribution in [2.45, 2.75) is 57.0 Å². The highest BCUT2D eigenvalue weighted by Crippen LogP contribution is 2.44. The molecule has 24 heavy (non-hydrogen) atoms. The average molecular weight is 348 g/mol. The van der Waals surface area contributed by atoms with Gasteiger partial charge in [-0.2, -0.15) is 0 Å². The Balaban J connectivity index is 1.32. The Kier molecular flexibility index (Phi) is 5.09. The van der Waals surface area contributed by atoms with E-state index in [0.29, 0.717) is 6.04 Å². The number of piperidine rings is 1. The molecule has 3 fully saturated rings. The van der Waals surface area contributed by atoms with Crippen LogP contribution < -0.4 is 10.6 Å². The third-order valence-corrected chi connectivity index (χ3v) is 6.48. The number of hydrogen-bond acceptors (Lipinski definition) is 3. The largest absolute Gasteiger partial charge is 0.468 e. The maximum atomic E-state index is 5.71. The number of hydrogen-bond donors (Lipinski definition) is 2. The van der Waals surface area contributed by atoms with Gasteiger partial charge >= 0.3 is 0 Å². The van der Waals surface area contributed by atoms with Crippen LogP contribution in [-0.4, -0.2) is 35.7 Å². The predicted octanol–water partition coefficient (Wildman–Crippen LogP) is 3.46. The molecular weight excluding hydrogens is 318 g/mol. The zero-order valence-electron chi connectivity index (χ0n) is 14.4. The molecule has 2 aliphatic carbocycles. The number of nitrogens with zero attached hydrogens (tertiary/aromatic N) is 1. The van der Waals surface area contributed by atoms with Gasteiger partial charge in [0.1, 0.15) is 5.76 Å². The number of fused-ring (bicyclic) bond motifs is 2. The van der Waals surface area contributed by atoms with Crippen molar-refractivity contribution in [3.05, 3.63) is 24.2 Å². The van der Waals surface area contributed by atoms with Crippen LogP contribution in [0.5, 0.6) is 0 Å². The van der Waals surface area contributed by atoms with Crippen molar-refractivity contribution in [2.75, 3.05) is 19.6 Å². The highest BCUT2D eigenvalue weighted by Gasteiger charge is 2.39. The summed E-state index contributed by atoms with van der Waals surface area (Å²) in [4.78, 5) is 2.54. The second-order valence-electron chi connectivity index (χ2n) is 7.76. The number of rotatable bonds is 5. The molecule has 2 heterocycles. The summed E-state index contributed by atoms with van der Waals surface area (Å²) in [5.41, 5.74) is 0. The topological polar surface area (TPSA) is 40.4 Å². The third-order valence-electron chi connectivity index (χ3n) is 6.21. The molecule has 1 aliphatic heterocycles. The molecule has 1 aromatic heterocycles. The maximum Gasteiger partial charge on any atom is 0.166 e. The molecule has 2 saturated carbocycles. The molecule has 4 atom stereocenters. The molecule has 132 valence electrons. The van der Waals surface area contributed by atoms with Gasteiger partial charge in [0.05, 0.1) is 12.3 Å². The van der Waals surface area contributed by atoms with E-state index in [2.05, 4.69) is 21.6 Å². The first-order valence-corrected chi connectivity index (χ1v) is 10.0. The summed E-state index contributed by atoms with van der Waals surface area (Å²) in [6.07, 6.45) is 11.2. The minimum atomic E-state index is 0.278. The minimum absolute atomic E-state index is 0.278. The number of nitrogens with one attached hydrogen (secondary N) is 2. The molecule has 1 saturated heterocycles. The first kappa shape index (κ1) is 16.4. The smallest absolute Gasteiger partial charge is 0.166 e. The lowest BCUT2D eigenvalue weighted by Gasteiger charge is -2.34. The zero-order chi connectivity index (χ0) is 16.4. The summed E-state index contributed by atoms with van der Waals surface area (Å²) in [5, 5.41) is 7.88. The average Bonchev–Trinajstić information content (AvgIpc) is 3.34. The Hall–Kier alpha value is -1.07. The zero-order valence-corrected chi connectivity index (χ0v) is 15.2. The Morgan fingerprint density at radius 2 is 2.12 bits per heavy atom. The molecule has 0 aromatic carbocycles. The second-order valence-corrected chi connectivity index (χ2v) is 8.17. The normalized spacial score (nSPS) is 31.1. The van der Waals surface area contributed by atoms with Crippen LogP contribution in [0.25, 0.3) is 0 Å². The van der Waals surface area contributed by atoms with Gasteiger partial charge in [-0.1, -0.05) is 12.8 Å². The van der Waals surface area contributed by atoms with Crippen LogP contribution in [0.3, 0.4) is 0 Å². The maximum absolute atomic E-state index is 5.71. The standard InChI is InChI=1S/C19H29N3OS/c24-19(21-16-12-14-6-7-15(16)11-14)20-13-17(18-5-4-10-23-18)22-8-2-1-3-9-22/h4-5,10,14-17H,1-3,6-9,11-13H2,(H2,20,21,24)/t14-,15-,16-,17+/m1/s1. The first-order chi connectivity index (χ1) is 11.8. The summed E-state index contributed by atoms with van der Waals surface area (Å²) in [6.45, 7) is 3.12. The molecule has 0 unspecified atom stereocenters. The van der Waals surface area contributed by atoms with E-state index in [0.717, 1.165) is 42.3 Å². The second kappa shape index (κ2) is 7.44. The number of likely N-dealkylation sites (tertiary alicyclic amines) is 1. The van der Waals surface area contributed by atoms with E-state index in [1.54, 1.807) is 6.26 Å². The molecule has 5 heteroatoms. The Morgan fingerprint density at radius 3 is 2.79 bits per heavy atom. The fourth-order valence-corrected chi connectivity index (χ4v) is 5.19. The van der Waals surface area contributed by atoms with Gasteiger partial charge in [-0.15, -0.1) is 0 Å². The molecule has 2 bridgehead atoms. The lowest BCUT2D eigenvalue weighted by Crippen LogP contribution is -2.47. The molecule has 4 nitrogen and oxygen atoms in total. The van der Waals surface area contributed by atoms with E-state index in [-0.39, 0.29) is 6.04 Å². The SMILES string of the molecule is S=C(NC[C@@H](c1ccco1)N1CCCCC1)N[C@@H]1C[C@@H]2CC[C@@H]1C2. The van der Waals surface area contributed by atoms with Crippen molar-refractivity contribution < 1.29 is 4.42 Å². The summed E-state index contributed by atoms with van der Waals surface area (Å²) >= 11 is 5.58. The highest BCUT2D eigenvalue weighted by atomic mass is 32.1. The fourth-order valence-electron chi connectivity index (χ4n) is 4.95. The quantitative estimate of drug-likeness (QED) is 0.798. The van der Waals surface area contributed by atoms with E-state index in [1.807, 2.05) is 6.07 Å². The Labute approximate surface area is 150 Å². The minimum Gasteiger partial charge on any atom is -0.468 e. The lowest BCUT2D eigenvalue weighted by atomic mass is 9.95. The van der Waals surface area contributed by atoms with E-state index < -0.39 is 0 Å². The summed E-state index contributed by atoms with van der Waals surface area (Å²) in [5.74, 6) is 2.84. The molecule has 2 N–H and O–H groups in total. The van der Waals surface area contributed by atoms with Crippen molar-refractivity contribution in [2.24, 2.45) is 11.8 Å². The molecule has 3 aliphatic rings. The fraction of sp³-hybridized carbons (Fsp3) is 0.737. The molecule has 0 spiro atoms. The summed E-state index contributed by atoms with van der Waals surface area (Å²) in [7, 11) is 0. The molecule has 0 amide bonds. The highest BCUT2D eigenvalue weighted by molar-refractivity contribution is 7.80. The van der Waals surface area contributed by atoms with Crippen LogP contribution in [0.15, 0.2) is 22.8 Å². The van der Waals surface area contributed by atoms with Crippen LogP contribution in [0.1, 0.15) is 56.7 Å². The lowest BCUT2D eigenvalue weighted by molar-refractivity contribution is 0.146. The molecule has 1 aromatic rings. The van der Waals surface area contributed by atoms with E-state index in [4.69, 9.17) is 16.6 Å². The van der Waals surface area contributed by atoms with E-state index in [9.17, 15) is 0 Å². The van der Waals surface area contributed by atoms with Crippen LogP contribution >= 0.6 is 12.2 Å². The summed E-state index contributed by atoms with van der Waals surface area (Å²) in [6, 6.07) is 4.95. The van der Waals surface area contributed by atoms with Gasteiger partial charge in [-0.25, -0.2) is 0 Å². The van der Waals surface area contributed by atoms with E-state index in [1.165, 1.54) is 44.9 Å². The Bertz CT molecular complexity index is 541. The van der Waals surface area contributed by atoms with Crippen molar-refractivity contribution in [3.8, 4) is 0 Å². The molecular formula is C19H29N3OS. The van der Waals surface area contributed by atoms with Gasteiger partial charge < -0.3 is 15.1 Å². The van der Waals surface area contributed by atoms with Crippen LogP contribution in [0, 0.1) is 11.8 Å². The Morgan fingerprint density at radius 1 is 1.25 bits per heavy atom. The van der Waals surface area contributed by atoms with E-state index >= 15 is 0 Å². The van der Waals surface area contributed by atoms with Gasteiger partial charge in [-0.05, 0) is 81.4 Å². The molecule has 4 rings (SSSR count). The van der Waals surface area contributed by atoms with Gasteiger partial charge in [0.15, 0.2) is 5.11 Å². The van der Waals surface area contributed by atoms with Crippen molar-refractivity contribution in [1.82, 2.24) is 15.5 Å². The summed E-state index contributed by atoms with van der Waals surface area (Å²) < 4.78 is 5.71. The number of thiocarbonyl (C=S) groups is 1. The van der Waals surface area contributed by atoms with Crippen LogP contribution in [0.4, 0.5) is 0 Å². The van der Waals surface area contributed by atoms with Crippen LogP contribution in [0.2, 0.25) is 0 Å². The van der Waals surface area contributed by atoms with Gasteiger partial charge in [0, 0.05) is 12.6 Å². The van der Waals surface area contributed by atoms with Crippen molar-refractivity contribution in [3.63, 3.8) is 0 Å². The van der Waals surface area contributed by atoms with Gasteiger partial charge in [0.25, 0.3) is 0 Å². The monoisotopic (exact) mass is 347 g/mol. The van der Waals surface area contributed by atoms with Gasteiger partial charge in [0.2, 0.25) is 0 Å². The first-order valence-electron chi connectivity index (χ1n) is 9.61. The molecule has 0 radical (unpaired) electrons. The van der Waals surface area contributed by atoms with Crippen molar-refractivity contribution >= 4 is 17.3 Å². The number of furan rings is 1. The van der Waals surface area contributed by atoms with Gasteiger partial charge in [-0.3, -0.25) is 4.90 Å². The van der Waals surface area contributed by atoms with Crippen LogP contribution in [-0.2, 0) is 0 Å². The third kappa shape index (κ3) is 3.62.